The molecule has 0 fully saturated rings. The summed E-state index contributed by atoms with van der Waals surface area (Å²) in [5.74, 6) is 0.247. The van der Waals surface area contributed by atoms with Gasteiger partial charge in [-0.05, 0) is 31.2 Å². The number of nitrogens with zero attached hydrogens (tertiary/aromatic N) is 2. The Kier molecular flexibility index (Phi) is 2.90. The molecule has 0 spiro atoms. The van der Waals surface area contributed by atoms with Gasteiger partial charge < -0.3 is 0 Å². The Morgan fingerprint density at radius 1 is 1.10 bits per heavy atom. The Morgan fingerprint density at radius 2 is 1.85 bits per heavy atom. The molecule has 0 aliphatic carbocycles. The minimum absolute atomic E-state index is 0.191. The van der Waals surface area contributed by atoms with E-state index in [0.717, 1.165) is 5.69 Å². The first-order chi connectivity index (χ1) is 9.56. The highest BCUT2D eigenvalue weighted by atomic mass is 32.2. The van der Waals surface area contributed by atoms with Crippen LogP contribution in [0.25, 0.3) is 11.0 Å². The lowest BCUT2D eigenvalue weighted by atomic mass is 10.3. The zero-order valence-electron chi connectivity index (χ0n) is 10.7. The van der Waals surface area contributed by atoms with E-state index in [4.69, 9.17) is 0 Å². The van der Waals surface area contributed by atoms with Crippen molar-refractivity contribution in [2.24, 2.45) is 0 Å². The maximum atomic E-state index is 12.2. The lowest BCUT2D eigenvalue weighted by molar-refractivity contribution is 0.601. The quantitative estimate of drug-likeness (QED) is 0.772. The summed E-state index contributed by atoms with van der Waals surface area (Å²) < 4.78 is 26.9. The van der Waals surface area contributed by atoms with Gasteiger partial charge in [0, 0.05) is 5.69 Å². The number of aryl methyl sites for hydroxylation is 1. The van der Waals surface area contributed by atoms with Crippen LogP contribution in [0.2, 0.25) is 0 Å². The molecule has 0 aliphatic rings. The Balaban J connectivity index is 2.01. The molecule has 0 radical (unpaired) electrons. The number of H-pyrrole nitrogens is 1. The third kappa shape index (κ3) is 2.23. The van der Waals surface area contributed by atoms with Crippen LogP contribution in [0, 0.1) is 6.92 Å². The average Bonchev–Trinajstić information content (AvgIpc) is 2.81. The van der Waals surface area contributed by atoms with Gasteiger partial charge >= 0.3 is 0 Å². The van der Waals surface area contributed by atoms with Gasteiger partial charge in [-0.15, -0.1) is 0 Å². The van der Waals surface area contributed by atoms with E-state index in [1.807, 2.05) is 6.92 Å². The minimum atomic E-state index is -3.65. The van der Waals surface area contributed by atoms with E-state index < -0.39 is 10.0 Å². The van der Waals surface area contributed by atoms with E-state index in [1.54, 1.807) is 30.3 Å². The molecule has 3 aromatic rings. The molecule has 1 aromatic carbocycles. The maximum absolute atomic E-state index is 12.2. The summed E-state index contributed by atoms with van der Waals surface area (Å²) in [5.41, 5.74) is 1.38. The van der Waals surface area contributed by atoms with Crippen molar-refractivity contribution < 1.29 is 8.42 Å². The number of fused-ring (bicyclic) bond motifs is 1. The van der Waals surface area contributed by atoms with E-state index in [0.29, 0.717) is 11.0 Å². The lowest BCUT2D eigenvalue weighted by Crippen LogP contribution is -2.13. The molecule has 6 nitrogen and oxygen atoms in total. The fourth-order valence-corrected chi connectivity index (χ4v) is 2.91. The number of sulfonamides is 1. The number of pyridine rings is 1. The Hall–Kier alpha value is -2.41. The summed E-state index contributed by atoms with van der Waals surface area (Å²) >= 11 is 0. The Bertz CT molecular complexity index is 856. The highest BCUT2D eigenvalue weighted by molar-refractivity contribution is 7.92. The summed E-state index contributed by atoms with van der Waals surface area (Å²) in [6, 6.07) is 11.7. The van der Waals surface area contributed by atoms with Gasteiger partial charge in [0.1, 0.15) is 0 Å². The molecule has 2 N–H and O–H groups in total. The van der Waals surface area contributed by atoms with Crippen LogP contribution in [-0.2, 0) is 10.0 Å². The molecule has 0 atom stereocenters. The zero-order valence-corrected chi connectivity index (χ0v) is 11.5. The number of nitrogens with one attached hydrogen (secondary N) is 2. The van der Waals surface area contributed by atoms with Crippen molar-refractivity contribution in [1.29, 1.82) is 0 Å². The molecular weight excluding hydrogens is 276 g/mol. The minimum Gasteiger partial charge on any atom is -0.261 e. The van der Waals surface area contributed by atoms with Crippen molar-refractivity contribution in [2.45, 2.75) is 11.8 Å². The first kappa shape index (κ1) is 12.6. The molecule has 3 rings (SSSR count). The average molecular weight is 288 g/mol. The van der Waals surface area contributed by atoms with Crippen LogP contribution in [0.3, 0.4) is 0 Å². The van der Waals surface area contributed by atoms with Gasteiger partial charge in [-0.3, -0.25) is 9.82 Å². The molecular formula is C13H12N4O2S. The number of hydrogen-bond acceptors (Lipinski definition) is 4. The van der Waals surface area contributed by atoms with Crippen LogP contribution in [-0.4, -0.2) is 23.6 Å². The second-order valence-corrected chi connectivity index (χ2v) is 6.02. The van der Waals surface area contributed by atoms with E-state index in [9.17, 15) is 8.42 Å². The molecule has 0 bridgehead atoms. The topological polar surface area (TPSA) is 87.7 Å². The highest BCUT2D eigenvalue weighted by Crippen LogP contribution is 2.22. The molecule has 20 heavy (non-hydrogen) atoms. The molecule has 0 amide bonds. The number of aromatic amines is 1. The monoisotopic (exact) mass is 288 g/mol. The molecule has 2 aromatic heterocycles. The summed E-state index contributed by atoms with van der Waals surface area (Å²) in [7, 11) is -3.65. The van der Waals surface area contributed by atoms with Crippen LogP contribution in [0.1, 0.15) is 5.69 Å². The van der Waals surface area contributed by atoms with E-state index >= 15 is 0 Å². The van der Waals surface area contributed by atoms with Crippen LogP contribution in [0.5, 0.6) is 0 Å². The Morgan fingerprint density at radius 3 is 2.60 bits per heavy atom. The van der Waals surface area contributed by atoms with Crippen LogP contribution in [0.4, 0.5) is 5.82 Å². The second kappa shape index (κ2) is 4.61. The lowest BCUT2D eigenvalue weighted by Gasteiger charge is -2.05. The van der Waals surface area contributed by atoms with Gasteiger partial charge in [-0.25, -0.2) is 13.4 Å². The maximum Gasteiger partial charge on any atom is 0.263 e. The van der Waals surface area contributed by atoms with Gasteiger partial charge in [-0.1, -0.05) is 18.2 Å². The normalized spacial score (nSPS) is 11.7. The fourth-order valence-electron chi connectivity index (χ4n) is 1.87. The molecule has 0 unspecified atom stereocenters. The number of anilines is 1. The van der Waals surface area contributed by atoms with Crippen molar-refractivity contribution in [1.82, 2.24) is 15.2 Å². The van der Waals surface area contributed by atoms with Crippen molar-refractivity contribution in [2.75, 3.05) is 4.72 Å². The predicted molar refractivity (Wildman–Crippen MR) is 75.9 cm³/mol. The molecule has 0 saturated carbocycles. The smallest absolute Gasteiger partial charge is 0.261 e. The van der Waals surface area contributed by atoms with E-state index in [1.165, 1.54) is 12.1 Å². The van der Waals surface area contributed by atoms with Gasteiger partial charge in [0.05, 0.1) is 10.3 Å². The van der Waals surface area contributed by atoms with Crippen molar-refractivity contribution >= 4 is 26.9 Å². The summed E-state index contributed by atoms with van der Waals surface area (Å²) in [6.07, 6.45) is 0. The first-order valence-corrected chi connectivity index (χ1v) is 7.44. The number of hydrogen-bond donors (Lipinski definition) is 2. The molecule has 0 saturated heterocycles. The SMILES string of the molecule is Cc1ccc2c(NS(=O)(=O)c3ccccc3)n[nH]c2n1. The molecule has 7 heteroatoms. The Labute approximate surface area is 115 Å². The summed E-state index contributed by atoms with van der Waals surface area (Å²) in [6.45, 7) is 1.86. The van der Waals surface area contributed by atoms with Crippen molar-refractivity contribution in [3.8, 4) is 0 Å². The van der Waals surface area contributed by atoms with Crippen molar-refractivity contribution in [3.05, 3.63) is 48.2 Å². The highest BCUT2D eigenvalue weighted by Gasteiger charge is 2.17. The van der Waals surface area contributed by atoms with Gasteiger partial charge in [-0.2, -0.15) is 5.10 Å². The first-order valence-electron chi connectivity index (χ1n) is 5.96. The van der Waals surface area contributed by atoms with E-state index in [2.05, 4.69) is 19.9 Å². The summed E-state index contributed by atoms with van der Waals surface area (Å²) in [5, 5.41) is 7.32. The van der Waals surface area contributed by atoms with Crippen LogP contribution >= 0.6 is 0 Å². The van der Waals surface area contributed by atoms with Gasteiger partial charge in [0.15, 0.2) is 11.5 Å². The number of benzene rings is 1. The number of aromatic nitrogens is 3. The fraction of sp³-hybridized carbons (Fsp3) is 0.0769. The number of rotatable bonds is 3. The molecule has 102 valence electrons. The van der Waals surface area contributed by atoms with Gasteiger partial charge in [0.2, 0.25) is 0 Å². The van der Waals surface area contributed by atoms with Gasteiger partial charge in [0.25, 0.3) is 10.0 Å². The zero-order chi connectivity index (χ0) is 14.2. The standard InChI is InChI=1S/C13H12N4O2S/c1-9-7-8-11-12(14-9)15-16-13(11)17-20(18,19)10-5-3-2-4-6-10/h2-8H,1H3,(H2,14,15,16,17). The van der Waals surface area contributed by atoms with Crippen LogP contribution < -0.4 is 4.72 Å². The third-order valence-corrected chi connectivity index (χ3v) is 4.20. The van der Waals surface area contributed by atoms with E-state index in [-0.39, 0.29) is 10.7 Å². The second-order valence-electron chi connectivity index (χ2n) is 4.34. The largest absolute Gasteiger partial charge is 0.263 e. The molecule has 2 heterocycles. The third-order valence-electron chi connectivity index (χ3n) is 2.85. The molecule has 0 aliphatic heterocycles. The van der Waals surface area contributed by atoms with Crippen LogP contribution in [0.15, 0.2) is 47.4 Å². The van der Waals surface area contributed by atoms with Crippen molar-refractivity contribution in [3.63, 3.8) is 0 Å². The summed E-state index contributed by atoms with van der Waals surface area (Å²) in [4.78, 5) is 4.44. The predicted octanol–water partition coefficient (Wildman–Crippen LogP) is 2.07.